The first-order valence-electron chi connectivity index (χ1n) is 1.69. The Labute approximate surface area is 42.9 Å². The average molecular weight is 124 g/mol. The van der Waals surface area contributed by atoms with Gasteiger partial charge >= 0.3 is 41.9 Å². The maximum absolute atomic E-state index is 11.7. The van der Waals surface area contributed by atoms with Crippen molar-refractivity contribution in [3.63, 3.8) is 0 Å². The molecule has 5 heteroatoms. The minimum absolute atomic E-state index is 0.743. The summed E-state index contributed by atoms with van der Waals surface area (Å²) < 4.78 is 24.1. The maximum atomic E-state index is 11.7. The van der Waals surface area contributed by atoms with Crippen LogP contribution in [0.2, 0.25) is 0 Å². The average Bonchev–Trinajstić information content (AvgIpc) is 1.31. The fraction of sp³-hybridized carbons (Fsp3) is 1.00. The zero-order chi connectivity index (χ0) is 6.08. The Hall–Kier alpha value is 0.315. The predicted molar refractivity (Wildman–Crippen MR) is 28.6 cm³/mol. The molecule has 0 N–H and O–H groups in total. The van der Waals surface area contributed by atoms with Gasteiger partial charge in [0.25, 0.3) is 0 Å². The van der Waals surface area contributed by atoms with Gasteiger partial charge in [-0.15, -0.1) is 0 Å². The SMILES string of the molecule is [B]=P(F)(F)N(C)C. The summed E-state index contributed by atoms with van der Waals surface area (Å²) in [6, 6.07) is 0. The van der Waals surface area contributed by atoms with Gasteiger partial charge in [-0.1, -0.05) is 0 Å². The van der Waals surface area contributed by atoms with Gasteiger partial charge in [0.15, 0.2) is 0 Å². The van der Waals surface area contributed by atoms with E-state index in [0.717, 1.165) is 4.67 Å². The third-order valence-corrected chi connectivity index (χ3v) is 1.60. The Bertz CT molecular complexity index is 97.9. The van der Waals surface area contributed by atoms with Gasteiger partial charge in [-0.25, -0.2) is 0 Å². The zero-order valence-corrected chi connectivity index (χ0v) is 5.12. The number of halogens is 2. The summed E-state index contributed by atoms with van der Waals surface area (Å²) in [6.45, 7) is 0. The molecule has 0 aromatic heterocycles. The van der Waals surface area contributed by atoms with E-state index in [1.54, 1.807) is 0 Å². The molecule has 0 fully saturated rings. The molecule has 0 saturated carbocycles. The Balaban J connectivity index is 3.80. The van der Waals surface area contributed by atoms with Crippen molar-refractivity contribution in [1.29, 1.82) is 0 Å². The molecule has 0 bridgehead atoms. The van der Waals surface area contributed by atoms with Crippen molar-refractivity contribution < 1.29 is 8.39 Å². The van der Waals surface area contributed by atoms with Crippen LogP contribution in [0.25, 0.3) is 0 Å². The molecule has 0 saturated heterocycles. The van der Waals surface area contributed by atoms with Gasteiger partial charge in [-0.2, -0.15) is 0 Å². The van der Waals surface area contributed by atoms with E-state index < -0.39 is 7.53 Å². The number of hydrogen-bond acceptors (Lipinski definition) is 1. The Morgan fingerprint density at radius 2 is 1.57 bits per heavy atom. The summed E-state index contributed by atoms with van der Waals surface area (Å²) in [4.78, 5) is 0. The molecular formula is C2H6BF2NP. The van der Waals surface area contributed by atoms with Gasteiger partial charge in [0.2, 0.25) is 0 Å². The summed E-state index contributed by atoms with van der Waals surface area (Å²) in [6.07, 6.45) is 0. The summed E-state index contributed by atoms with van der Waals surface area (Å²) in [7, 11) is 2.74. The van der Waals surface area contributed by atoms with Crippen molar-refractivity contribution in [2.24, 2.45) is 0 Å². The first-order chi connectivity index (χ1) is 2.94. The van der Waals surface area contributed by atoms with Crippen LogP contribution in [0.4, 0.5) is 8.39 Å². The van der Waals surface area contributed by atoms with Gasteiger partial charge < -0.3 is 0 Å². The molecule has 0 aliphatic heterocycles. The van der Waals surface area contributed by atoms with E-state index in [9.17, 15) is 8.39 Å². The Morgan fingerprint density at radius 3 is 1.57 bits per heavy atom. The molecule has 0 rings (SSSR count). The van der Waals surface area contributed by atoms with E-state index in [4.69, 9.17) is 0 Å². The molecule has 0 atom stereocenters. The van der Waals surface area contributed by atoms with E-state index in [0.29, 0.717) is 0 Å². The van der Waals surface area contributed by atoms with Crippen molar-refractivity contribution in [3.8, 4) is 0 Å². The fourth-order valence-electron chi connectivity index (χ4n) is 0. The number of nitrogens with zero attached hydrogens (tertiary/aromatic N) is 1. The monoisotopic (exact) mass is 124 g/mol. The van der Waals surface area contributed by atoms with Gasteiger partial charge in [-0.3, -0.25) is 0 Å². The van der Waals surface area contributed by atoms with E-state index in [-0.39, 0.29) is 0 Å². The normalized spacial score (nSPS) is 12.6. The van der Waals surface area contributed by atoms with Crippen LogP contribution in [0, 0.1) is 0 Å². The summed E-state index contributed by atoms with van der Waals surface area (Å²) in [5.41, 5.74) is 0. The van der Waals surface area contributed by atoms with Crippen LogP contribution < -0.4 is 0 Å². The standard InChI is InChI=1S/C2H6BF2NP/c1-6(2)7(3,4)5/h1-2H3. The molecule has 0 amide bonds. The first-order valence-corrected chi connectivity index (χ1v) is 3.28. The molecule has 1 radical (unpaired) electrons. The second-order valence-electron chi connectivity index (χ2n) is 1.37. The predicted octanol–water partition coefficient (Wildman–Crippen LogP) is 1.33. The van der Waals surface area contributed by atoms with E-state index >= 15 is 0 Å². The fourth-order valence-corrected chi connectivity index (χ4v) is 0. The van der Waals surface area contributed by atoms with Gasteiger partial charge in [-0.05, 0) is 0 Å². The molecule has 7 heavy (non-hydrogen) atoms. The third kappa shape index (κ3) is 2.95. The summed E-state index contributed by atoms with van der Waals surface area (Å²) >= 11 is 0. The van der Waals surface area contributed by atoms with Crippen molar-refractivity contribution in [3.05, 3.63) is 0 Å². The Kier molecular flexibility index (Phi) is 2.15. The second-order valence-corrected chi connectivity index (χ2v) is 3.22. The van der Waals surface area contributed by atoms with Crippen LogP contribution in [0.1, 0.15) is 0 Å². The van der Waals surface area contributed by atoms with Crippen molar-refractivity contribution in [1.82, 2.24) is 4.67 Å². The molecule has 1 nitrogen and oxygen atoms in total. The van der Waals surface area contributed by atoms with Crippen molar-refractivity contribution >= 4 is 14.7 Å². The molecule has 0 unspecified atom stereocenters. The molecule has 41 valence electrons. The number of hydrogen-bond donors (Lipinski definition) is 0. The van der Waals surface area contributed by atoms with Crippen LogP contribution >= 0.6 is 7.53 Å². The van der Waals surface area contributed by atoms with Crippen molar-refractivity contribution in [2.75, 3.05) is 14.1 Å². The zero-order valence-electron chi connectivity index (χ0n) is 4.23. The van der Waals surface area contributed by atoms with Gasteiger partial charge in [0.1, 0.15) is 0 Å². The van der Waals surface area contributed by atoms with Crippen LogP contribution in [-0.2, 0) is 0 Å². The quantitative estimate of drug-likeness (QED) is 0.376. The molecule has 0 aromatic carbocycles. The van der Waals surface area contributed by atoms with E-state index in [1.807, 2.05) is 0 Å². The van der Waals surface area contributed by atoms with Gasteiger partial charge in [0, 0.05) is 0 Å². The molecule has 0 heterocycles. The van der Waals surface area contributed by atoms with Crippen LogP contribution in [0.5, 0.6) is 0 Å². The van der Waals surface area contributed by atoms with Crippen LogP contribution in [0.15, 0.2) is 0 Å². The summed E-state index contributed by atoms with van der Waals surface area (Å²) in [5.74, 6) is 0. The first kappa shape index (κ1) is 7.31. The molecule has 0 aromatic rings. The van der Waals surface area contributed by atoms with Gasteiger partial charge in [0.05, 0.1) is 0 Å². The van der Waals surface area contributed by atoms with E-state index in [2.05, 4.69) is 7.18 Å². The van der Waals surface area contributed by atoms with Crippen LogP contribution in [0.3, 0.4) is 0 Å². The molecule has 0 aliphatic carbocycles. The molecular weight excluding hydrogens is 118 g/mol. The summed E-state index contributed by atoms with van der Waals surface area (Å²) in [5, 5.41) is 0. The second kappa shape index (κ2) is 2.06. The third-order valence-electron chi connectivity index (χ3n) is 0.533. The van der Waals surface area contributed by atoms with E-state index in [1.165, 1.54) is 14.1 Å². The number of rotatable bonds is 1. The van der Waals surface area contributed by atoms with Crippen LogP contribution in [-0.4, -0.2) is 26.0 Å². The van der Waals surface area contributed by atoms with Crippen molar-refractivity contribution in [2.45, 2.75) is 0 Å². The minimum atomic E-state index is -4.15. The topological polar surface area (TPSA) is 3.24 Å². The Morgan fingerprint density at radius 1 is 1.43 bits per heavy atom. The molecule has 0 spiro atoms. The molecule has 0 aliphatic rings.